The Morgan fingerprint density at radius 1 is 1.00 bits per heavy atom. The number of amides is 1. The number of para-hydroxylation sites is 1. The summed E-state index contributed by atoms with van der Waals surface area (Å²) in [6.45, 7) is 2.29. The number of rotatable bonds is 7. The van der Waals surface area contributed by atoms with Crippen LogP contribution in [-0.2, 0) is 6.54 Å². The van der Waals surface area contributed by atoms with Gasteiger partial charge in [-0.2, -0.15) is 5.10 Å². The topological polar surface area (TPSA) is 65.4 Å². The van der Waals surface area contributed by atoms with Crippen LogP contribution in [0.5, 0.6) is 11.5 Å². The van der Waals surface area contributed by atoms with Gasteiger partial charge in [0, 0.05) is 16.9 Å². The van der Waals surface area contributed by atoms with Crippen LogP contribution in [0.1, 0.15) is 21.7 Å². The number of hydrogen-bond donors (Lipinski definition) is 1. The van der Waals surface area contributed by atoms with E-state index in [-0.39, 0.29) is 11.4 Å². The third-order valence-electron chi connectivity index (χ3n) is 5.24. The average molecular weight is 481 g/mol. The van der Waals surface area contributed by atoms with Crippen molar-refractivity contribution in [2.75, 3.05) is 12.4 Å². The van der Waals surface area contributed by atoms with E-state index in [4.69, 9.17) is 4.74 Å². The van der Waals surface area contributed by atoms with Gasteiger partial charge in [-0.25, -0.2) is 0 Å². The SMILES string of the molecule is COc1ccccc1-c1cccc(Cn2nc(C(=O)Nc3ccc(OC(F)(F)F)cc3)cc2C)c1. The molecule has 1 amide bonds. The summed E-state index contributed by atoms with van der Waals surface area (Å²) in [5.74, 6) is -0.0676. The second kappa shape index (κ2) is 9.92. The average Bonchev–Trinajstić information content (AvgIpc) is 3.19. The molecule has 1 aromatic heterocycles. The molecule has 0 fully saturated rings. The Kier molecular flexibility index (Phi) is 6.77. The van der Waals surface area contributed by atoms with Crippen LogP contribution >= 0.6 is 0 Å². The molecule has 0 radical (unpaired) electrons. The highest BCUT2D eigenvalue weighted by atomic mass is 19.4. The predicted molar refractivity (Wildman–Crippen MR) is 126 cm³/mol. The monoisotopic (exact) mass is 481 g/mol. The van der Waals surface area contributed by atoms with Crippen LogP contribution < -0.4 is 14.8 Å². The fourth-order valence-electron chi connectivity index (χ4n) is 3.61. The maximum Gasteiger partial charge on any atom is 0.573 e. The minimum atomic E-state index is -4.78. The van der Waals surface area contributed by atoms with Gasteiger partial charge in [0.15, 0.2) is 5.69 Å². The molecule has 1 N–H and O–H groups in total. The van der Waals surface area contributed by atoms with Crippen molar-refractivity contribution in [3.63, 3.8) is 0 Å². The van der Waals surface area contributed by atoms with E-state index in [9.17, 15) is 18.0 Å². The van der Waals surface area contributed by atoms with Gasteiger partial charge in [-0.1, -0.05) is 36.4 Å². The Morgan fingerprint density at radius 3 is 2.46 bits per heavy atom. The largest absolute Gasteiger partial charge is 0.573 e. The maximum atomic E-state index is 12.6. The van der Waals surface area contributed by atoms with Gasteiger partial charge in [-0.3, -0.25) is 9.48 Å². The van der Waals surface area contributed by atoms with E-state index < -0.39 is 12.3 Å². The normalized spacial score (nSPS) is 11.2. The molecule has 180 valence electrons. The second-order valence-electron chi connectivity index (χ2n) is 7.76. The number of carbonyl (C=O) groups is 1. The molecule has 0 unspecified atom stereocenters. The van der Waals surface area contributed by atoms with Crippen LogP contribution in [0.4, 0.5) is 18.9 Å². The molecule has 6 nitrogen and oxygen atoms in total. The molecule has 1 heterocycles. The molecule has 0 saturated carbocycles. The number of nitrogens with one attached hydrogen (secondary N) is 1. The van der Waals surface area contributed by atoms with E-state index in [1.54, 1.807) is 17.9 Å². The Bertz CT molecular complexity index is 1330. The number of benzene rings is 3. The van der Waals surface area contributed by atoms with Crippen molar-refractivity contribution >= 4 is 11.6 Å². The fourth-order valence-corrected chi connectivity index (χ4v) is 3.61. The van der Waals surface area contributed by atoms with Crippen molar-refractivity contribution in [3.8, 4) is 22.6 Å². The minimum Gasteiger partial charge on any atom is -0.496 e. The first-order valence-corrected chi connectivity index (χ1v) is 10.7. The summed E-state index contributed by atoms with van der Waals surface area (Å²) in [5, 5.41) is 7.04. The Balaban J connectivity index is 1.47. The molecule has 0 spiro atoms. The predicted octanol–water partition coefficient (Wildman–Crippen LogP) is 6.07. The number of nitrogens with zero attached hydrogens (tertiary/aromatic N) is 2. The molecule has 35 heavy (non-hydrogen) atoms. The van der Waals surface area contributed by atoms with Crippen molar-refractivity contribution in [1.82, 2.24) is 9.78 Å². The molecule has 0 atom stereocenters. The quantitative estimate of drug-likeness (QED) is 0.348. The van der Waals surface area contributed by atoms with Crippen LogP contribution in [0.2, 0.25) is 0 Å². The molecule has 3 aromatic carbocycles. The number of carbonyl (C=O) groups excluding carboxylic acids is 1. The van der Waals surface area contributed by atoms with Gasteiger partial charge in [0.2, 0.25) is 0 Å². The number of aromatic nitrogens is 2. The second-order valence-corrected chi connectivity index (χ2v) is 7.76. The maximum absolute atomic E-state index is 12.6. The van der Waals surface area contributed by atoms with Gasteiger partial charge < -0.3 is 14.8 Å². The summed E-state index contributed by atoms with van der Waals surface area (Å²) >= 11 is 0. The highest BCUT2D eigenvalue weighted by molar-refractivity contribution is 6.02. The molecular weight excluding hydrogens is 459 g/mol. The van der Waals surface area contributed by atoms with Gasteiger partial charge in [0.1, 0.15) is 11.5 Å². The lowest BCUT2D eigenvalue weighted by Crippen LogP contribution is -2.17. The summed E-state index contributed by atoms with van der Waals surface area (Å²) in [5.41, 5.74) is 4.26. The minimum absolute atomic E-state index is 0.194. The van der Waals surface area contributed by atoms with Crippen LogP contribution in [-0.4, -0.2) is 29.2 Å². The molecule has 4 aromatic rings. The summed E-state index contributed by atoms with van der Waals surface area (Å²) in [6, 6.07) is 22.3. The van der Waals surface area contributed by atoms with Crippen molar-refractivity contribution in [2.45, 2.75) is 19.8 Å². The fraction of sp³-hybridized carbons (Fsp3) is 0.154. The number of ether oxygens (including phenoxy) is 2. The third kappa shape index (κ3) is 6.00. The molecule has 0 aliphatic heterocycles. The van der Waals surface area contributed by atoms with Crippen molar-refractivity contribution in [1.29, 1.82) is 0 Å². The standard InChI is InChI=1S/C26H22F3N3O3/c1-17-14-23(25(33)30-20-10-12-21(13-11-20)35-26(27,28)29)31-32(17)16-18-6-5-7-19(15-18)22-8-3-4-9-24(22)34-2/h3-15H,16H2,1-2H3,(H,30,33). The molecule has 0 aliphatic carbocycles. The summed E-state index contributed by atoms with van der Waals surface area (Å²) in [7, 11) is 1.63. The Hall–Kier alpha value is -4.27. The zero-order valence-electron chi connectivity index (χ0n) is 19.0. The number of alkyl halides is 3. The van der Waals surface area contributed by atoms with E-state index in [1.807, 2.05) is 55.5 Å². The van der Waals surface area contributed by atoms with E-state index in [1.165, 1.54) is 12.1 Å². The third-order valence-corrected chi connectivity index (χ3v) is 5.24. The molecule has 0 saturated heterocycles. The van der Waals surface area contributed by atoms with Crippen LogP contribution in [0.25, 0.3) is 11.1 Å². The number of hydrogen-bond acceptors (Lipinski definition) is 4. The highest BCUT2D eigenvalue weighted by Gasteiger charge is 2.31. The summed E-state index contributed by atoms with van der Waals surface area (Å²) in [4.78, 5) is 12.6. The lowest BCUT2D eigenvalue weighted by Gasteiger charge is -2.11. The van der Waals surface area contributed by atoms with Crippen LogP contribution in [0.15, 0.2) is 78.9 Å². The highest BCUT2D eigenvalue weighted by Crippen LogP contribution is 2.30. The van der Waals surface area contributed by atoms with Gasteiger partial charge in [0.05, 0.1) is 13.7 Å². The number of anilines is 1. The summed E-state index contributed by atoms with van der Waals surface area (Å²) < 4.78 is 47.9. The zero-order chi connectivity index (χ0) is 25.0. The lowest BCUT2D eigenvalue weighted by molar-refractivity contribution is -0.274. The van der Waals surface area contributed by atoms with Gasteiger partial charge in [-0.05, 0) is 60.5 Å². The van der Waals surface area contributed by atoms with Gasteiger partial charge in [-0.15, -0.1) is 13.2 Å². The van der Waals surface area contributed by atoms with E-state index in [0.29, 0.717) is 12.2 Å². The van der Waals surface area contributed by atoms with E-state index in [2.05, 4.69) is 15.2 Å². The first-order valence-electron chi connectivity index (χ1n) is 10.7. The Labute approximate surface area is 199 Å². The van der Waals surface area contributed by atoms with Crippen molar-refractivity contribution < 1.29 is 27.4 Å². The first kappa shape index (κ1) is 23.9. The van der Waals surface area contributed by atoms with Crippen LogP contribution in [0.3, 0.4) is 0 Å². The number of methoxy groups -OCH3 is 1. The smallest absolute Gasteiger partial charge is 0.496 e. The number of aryl methyl sites for hydroxylation is 1. The molecule has 0 aliphatic rings. The molecule has 9 heteroatoms. The molecule has 0 bridgehead atoms. The molecular formula is C26H22F3N3O3. The van der Waals surface area contributed by atoms with Crippen molar-refractivity contribution in [2.24, 2.45) is 0 Å². The lowest BCUT2D eigenvalue weighted by atomic mass is 10.0. The summed E-state index contributed by atoms with van der Waals surface area (Å²) in [6.07, 6.45) is -4.78. The van der Waals surface area contributed by atoms with Gasteiger partial charge >= 0.3 is 6.36 Å². The zero-order valence-corrected chi connectivity index (χ0v) is 19.0. The van der Waals surface area contributed by atoms with Crippen LogP contribution in [0, 0.1) is 6.92 Å². The van der Waals surface area contributed by atoms with E-state index >= 15 is 0 Å². The molecule has 4 rings (SSSR count). The number of halogens is 3. The first-order chi connectivity index (χ1) is 16.7. The van der Waals surface area contributed by atoms with Gasteiger partial charge in [0.25, 0.3) is 5.91 Å². The van der Waals surface area contributed by atoms with Crippen molar-refractivity contribution in [3.05, 3.63) is 95.8 Å². The Morgan fingerprint density at radius 2 is 1.74 bits per heavy atom. The van der Waals surface area contributed by atoms with E-state index in [0.717, 1.165) is 40.3 Å².